The van der Waals surface area contributed by atoms with Gasteiger partial charge in [-0.1, -0.05) is 25.1 Å². The van der Waals surface area contributed by atoms with Gasteiger partial charge in [0.25, 0.3) is 0 Å². The summed E-state index contributed by atoms with van der Waals surface area (Å²) in [5.41, 5.74) is 0. The van der Waals surface area contributed by atoms with E-state index in [9.17, 15) is 5.11 Å². The molecular weight excluding hydrogens is 178 g/mol. The van der Waals surface area contributed by atoms with Gasteiger partial charge in [-0.2, -0.15) is 0 Å². The summed E-state index contributed by atoms with van der Waals surface area (Å²) in [6, 6.07) is 9.49. The summed E-state index contributed by atoms with van der Waals surface area (Å²) in [7, 11) is 0. The summed E-state index contributed by atoms with van der Waals surface area (Å²) in [5.74, 6) is 0.785. The fourth-order valence-corrected chi connectivity index (χ4v) is 1.16. The van der Waals surface area contributed by atoms with Crippen LogP contribution in [0.15, 0.2) is 30.3 Å². The smallest absolute Gasteiger partial charge is 0.151 e. The zero-order valence-electron chi connectivity index (χ0n) is 8.57. The minimum atomic E-state index is -0.802. The number of nitrogens with one attached hydrogen (secondary N) is 1. The molecule has 1 radical (unpaired) electrons. The van der Waals surface area contributed by atoms with Gasteiger partial charge < -0.3 is 4.74 Å². The van der Waals surface area contributed by atoms with Crippen LogP contribution in [0.1, 0.15) is 20.3 Å². The van der Waals surface area contributed by atoms with Crippen molar-refractivity contribution in [2.24, 2.45) is 0 Å². The van der Waals surface area contributed by atoms with Crippen LogP contribution in [0.25, 0.3) is 0 Å². The third-order valence-corrected chi connectivity index (χ3v) is 1.81. The molecule has 3 nitrogen and oxygen atoms in total. The van der Waals surface area contributed by atoms with Crippen LogP contribution >= 0.6 is 0 Å². The van der Waals surface area contributed by atoms with Crippen molar-refractivity contribution in [1.82, 2.24) is 5.32 Å². The van der Waals surface area contributed by atoms with Crippen LogP contribution in [-0.2, 0) is 5.11 Å². The molecule has 77 valence electrons. The van der Waals surface area contributed by atoms with Gasteiger partial charge in [0.15, 0.2) is 6.23 Å². The Bertz CT molecular complexity index is 249. The number of rotatable bonds is 5. The Balaban J connectivity index is 2.48. The van der Waals surface area contributed by atoms with E-state index in [4.69, 9.17) is 4.74 Å². The Kier molecular flexibility index (Phi) is 4.43. The third-order valence-electron chi connectivity index (χ3n) is 1.81. The Hall–Kier alpha value is -1.06. The first-order valence-electron chi connectivity index (χ1n) is 4.86. The van der Waals surface area contributed by atoms with E-state index >= 15 is 0 Å². The molecule has 1 aromatic rings. The summed E-state index contributed by atoms with van der Waals surface area (Å²) in [4.78, 5) is 0. The molecule has 0 aromatic heterocycles. The van der Waals surface area contributed by atoms with Crippen LogP contribution in [0.5, 0.6) is 5.75 Å². The average Bonchev–Trinajstić information content (AvgIpc) is 2.17. The van der Waals surface area contributed by atoms with Crippen molar-refractivity contribution >= 4 is 0 Å². The molecule has 0 saturated carbocycles. The topological polar surface area (TPSA) is 41.2 Å². The van der Waals surface area contributed by atoms with Gasteiger partial charge in [0, 0.05) is 0 Å². The molecular formula is C11H16NO2. The monoisotopic (exact) mass is 194 g/mol. The fourth-order valence-electron chi connectivity index (χ4n) is 1.16. The average molecular weight is 194 g/mol. The highest BCUT2D eigenvalue weighted by molar-refractivity contribution is 5.21. The molecule has 3 heteroatoms. The van der Waals surface area contributed by atoms with Gasteiger partial charge in [-0.3, -0.25) is 5.32 Å². The Morgan fingerprint density at radius 2 is 2.00 bits per heavy atom. The molecule has 2 atom stereocenters. The van der Waals surface area contributed by atoms with Crippen LogP contribution in [-0.4, -0.2) is 12.5 Å². The molecule has 0 spiro atoms. The standard InChI is InChI=1S/C11H16NO2/c1-3-11(12-9(2)13)14-10-7-5-4-6-8-10/h4-9,11-12H,3H2,1-2H3. The van der Waals surface area contributed by atoms with E-state index in [-0.39, 0.29) is 6.23 Å². The van der Waals surface area contributed by atoms with Crippen molar-refractivity contribution in [3.63, 3.8) is 0 Å². The first kappa shape index (κ1) is 11.0. The predicted molar refractivity (Wildman–Crippen MR) is 54.4 cm³/mol. The highest BCUT2D eigenvalue weighted by Gasteiger charge is 2.09. The first-order valence-corrected chi connectivity index (χ1v) is 4.86. The molecule has 0 amide bonds. The summed E-state index contributed by atoms with van der Waals surface area (Å²) in [6.45, 7) is 3.54. The number of hydrogen-bond acceptors (Lipinski definition) is 2. The lowest BCUT2D eigenvalue weighted by Crippen LogP contribution is -2.39. The second kappa shape index (κ2) is 5.62. The Morgan fingerprint density at radius 3 is 2.50 bits per heavy atom. The molecule has 1 rings (SSSR count). The quantitative estimate of drug-likeness (QED) is 0.730. The zero-order valence-corrected chi connectivity index (χ0v) is 8.57. The third kappa shape index (κ3) is 3.77. The van der Waals surface area contributed by atoms with Gasteiger partial charge in [0.05, 0.1) is 0 Å². The van der Waals surface area contributed by atoms with Gasteiger partial charge in [-0.05, 0) is 25.5 Å². The molecule has 14 heavy (non-hydrogen) atoms. The highest BCUT2D eigenvalue weighted by Crippen LogP contribution is 2.11. The van der Waals surface area contributed by atoms with E-state index in [1.165, 1.54) is 0 Å². The summed E-state index contributed by atoms with van der Waals surface area (Å²) >= 11 is 0. The van der Waals surface area contributed by atoms with E-state index < -0.39 is 6.23 Å². The van der Waals surface area contributed by atoms with E-state index in [1.54, 1.807) is 6.92 Å². The molecule has 1 N–H and O–H groups in total. The van der Waals surface area contributed by atoms with Crippen LogP contribution in [0.3, 0.4) is 0 Å². The maximum absolute atomic E-state index is 10.9. The number of para-hydroxylation sites is 1. The van der Waals surface area contributed by atoms with Gasteiger partial charge in [-0.25, -0.2) is 5.11 Å². The second-order valence-electron chi connectivity index (χ2n) is 3.14. The lowest BCUT2D eigenvalue weighted by Gasteiger charge is -2.19. The molecule has 0 aliphatic rings. The van der Waals surface area contributed by atoms with Crippen molar-refractivity contribution < 1.29 is 9.84 Å². The van der Waals surface area contributed by atoms with Crippen LogP contribution in [0.4, 0.5) is 0 Å². The first-order chi connectivity index (χ1) is 6.72. The van der Waals surface area contributed by atoms with Crippen molar-refractivity contribution in [1.29, 1.82) is 0 Å². The maximum atomic E-state index is 10.9. The van der Waals surface area contributed by atoms with Gasteiger partial charge in [0.2, 0.25) is 0 Å². The van der Waals surface area contributed by atoms with Crippen LogP contribution in [0, 0.1) is 0 Å². The van der Waals surface area contributed by atoms with Crippen LogP contribution in [0.2, 0.25) is 0 Å². The van der Waals surface area contributed by atoms with Crippen LogP contribution < -0.4 is 10.1 Å². The molecule has 0 heterocycles. The normalized spacial score (nSPS) is 14.8. The molecule has 0 fully saturated rings. The van der Waals surface area contributed by atoms with Crippen molar-refractivity contribution in [2.75, 3.05) is 0 Å². The summed E-state index contributed by atoms with van der Waals surface area (Å²) < 4.78 is 5.56. The van der Waals surface area contributed by atoms with E-state index in [0.29, 0.717) is 0 Å². The highest BCUT2D eigenvalue weighted by atomic mass is 16.5. The number of ether oxygens (including phenoxy) is 1. The molecule has 2 unspecified atom stereocenters. The molecule has 0 saturated heterocycles. The SMILES string of the molecule is CCC(NC(C)[O])Oc1ccccc1. The van der Waals surface area contributed by atoms with Crippen molar-refractivity contribution in [3.05, 3.63) is 30.3 Å². The second-order valence-corrected chi connectivity index (χ2v) is 3.14. The Morgan fingerprint density at radius 1 is 1.36 bits per heavy atom. The van der Waals surface area contributed by atoms with E-state index in [0.717, 1.165) is 12.2 Å². The number of hydrogen-bond donors (Lipinski definition) is 1. The zero-order chi connectivity index (χ0) is 10.4. The van der Waals surface area contributed by atoms with Gasteiger partial charge in [0.1, 0.15) is 12.0 Å². The minimum absolute atomic E-state index is 0.204. The van der Waals surface area contributed by atoms with E-state index in [1.807, 2.05) is 37.3 Å². The molecule has 0 aliphatic heterocycles. The summed E-state index contributed by atoms with van der Waals surface area (Å²) in [6.07, 6.45) is -0.241. The lowest BCUT2D eigenvalue weighted by molar-refractivity contribution is 0.0198. The Labute approximate surface area is 84.7 Å². The molecule has 0 aliphatic carbocycles. The molecule has 1 aromatic carbocycles. The van der Waals surface area contributed by atoms with E-state index in [2.05, 4.69) is 5.32 Å². The summed E-state index contributed by atoms with van der Waals surface area (Å²) in [5, 5.41) is 13.7. The number of benzene rings is 1. The van der Waals surface area contributed by atoms with Gasteiger partial charge in [-0.15, -0.1) is 0 Å². The van der Waals surface area contributed by atoms with Gasteiger partial charge >= 0.3 is 0 Å². The van der Waals surface area contributed by atoms with Crippen molar-refractivity contribution in [2.45, 2.75) is 32.7 Å². The maximum Gasteiger partial charge on any atom is 0.151 e. The predicted octanol–water partition coefficient (Wildman–Crippen LogP) is 2.17. The molecule has 0 bridgehead atoms. The minimum Gasteiger partial charge on any atom is -0.475 e. The lowest BCUT2D eigenvalue weighted by atomic mass is 10.3. The van der Waals surface area contributed by atoms with Crippen molar-refractivity contribution in [3.8, 4) is 5.75 Å². The fraction of sp³-hybridized carbons (Fsp3) is 0.455. The largest absolute Gasteiger partial charge is 0.475 e.